The first-order valence-corrected chi connectivity index (χ1v) is 6.69. The van der Waals surface area contributed by atoms with Gasteiger partial charge in [-0.3, -0.25) is 4.79 Å². The summed E-state index contributed by atoms with van der Waals surface area (Å²) in [5.41, 5.74) is 1.31. The molecule has 1 rings (SSSR count). The second kappa shape index (κ2) is 8.70. The lowest BCUT2D eigenvalue weighted by Crippen LogP contribution is -2.32. The highest BCUT2D eigenvalue weighted by Crippen LogP contribution is 2.08. The number of rotatable bonds is 8. The Labute approximate surface area is 110 Å². The molecule has 0 fully saturated rings. The molecule has 0 radical (unpaired) electrons. The van der Waals surface area contributed by atoms with Crippen molar-refractivity contribution in [2.24, 2.45) is 0 Å². The van der Waals surface area contributed by atoms with E-state index in [0.29, 0.717) is 13.0 Å². The molecule has 0 aromatic heterocycles. The maximum absolute atomic E-state index is 11.5. The summed E-state index contributed by atoms with van der Waals surface area (Å²) in [7, 11) is 0. The number of esters is 1. The van der Waals surface area contributed by atoms with Crippen molar-refractivity contribution in [3.63, 3.8) is 0 Å². The number of ether oxygens (including phenoxy) is 1. The average molecular weight is 249 g/mol. The van der Waals surface area contributed by atoms with Crippen LogP contribution in [0.25, 0.3) is 0 Å². The van der Waals surface area contributed by atoms with E-state index in [2.05, 4.69) is 24.4 Å². The van der Waals surface area contributed by atoms with Crippen LogP contribution < -0.4 is 5.32 Å². The highest BCUT2D eigenvalue weighted by Gasteiger charge is 2.13. The first kappa shape index (κ1) is 14.7. The van der Waals surface area contributed by atoms with Gasteiger partial charge in [-0.05, 0) is 31.9 Å². The third kappa shape index (κ3) is 5.82. The van der Waals surface area contributed by atoms with E-state index >= 15 is 0 Å². The van der Waals surface area contributed by atoms with Crippen molar-refractivity contribution in [2.45, 2.75) is 39.2 Å². The van der Waals surface area contributed by atoms with Crippen molar-refractivity contribution >= 4 is 5.97 Å². The lowest BCUT2D eigenvalue weighted by atomic mass is 10.0. The van der Waals surface area contributed by atoms with Gasteiger partial charge in [-0.1, -0.05) is 37.3 Å². The molecule has 3 heteroatoms. The van der Waals surface area contributed by atoms with E-state index < -0.39 is 0 Å². The molecule has 0 amide bonds. The summed E-state index contributed by atoms with van der Waals surface area (Å²) >= 11 is 0. The summed E-state index contributed by atoms with van der Waals surface area (Å²) < 4.78 is 4.99. The molecule has 1 N–H and O–H groups in total. The lowest BCUT2D eigenvalue weighted by molar-refractivity contribution is -0.143. The van der Waals surface area contributed by atoms with Gasteiger partial charge in [0.2, 0.25) is 0 Å². The van der Waals surface area contributed by atoms with Gasteiger partial charge in [-0.2, -0.15) is 0 Å². The van der Waals surface area contributed by atoms with Gasteiger partial charge in [0.1, 0.15) is 0 Å². The molecule has 0 aliphatic rings. The van der Waals surface area contributed by atoms with E-state index in [9.17, 15) is 4.79 Å². The van der Waals surface area contributed by atoms with Crippen LogP contribution in [0.5, 0.6) is 0 Å². The number of hydrogen-bond acceptors (Lipinski definition) is 3. The first-order valence-electron chi connectivity index (χ1n) is 6.69. The molecule has 1 aromatic rings. The van der Waals surface area contributed by atoms with E-state index in [1.807, 2.05) is 25.1 Å². The Bertz CT molecular complexity index is 338. The van der Waals surface area contributed by atoms with Gasteiger partial charge >= 0.3 is 5.97 Å². The molecule has 1 atom stereocenters. The largest absolute Gasteiger partial charge is 0.466 e. The highest BCUT2D eigenvalue weighted by atomic mass is 16.5. The third-order valence-corrected chi connectivity index (χ3v) is 2.84. The van der Waals surface area contributed by atoms with Gasteiger partial charge in [0.15, 0.2) is 0 Å². The van der Waals surface area contributed by atoms with E-state index in [0.717, 1.165) is 19.4 Å². The normalized spacial score (nSPS) is 12.1. The van der Waals surface area contributed by atoms with Crippen molar-refractivity contribution in [3.8, 4) is 0 Å². The Balaban J connectivity index is 2.40. The number of hydrogen-bond donors (Lipinski definition) is 1. The number of benzene rings is 1. The maximum atomic E-state index is 11.5. The Morgan fingerprint density at radius 1 is 1.28 bits per heavy atom. The standard InChI is InChI=1S/C15H23NO2/c1-3-16-14(12-15(17)18-4-2)11-10-13-8-6-5-7-9-13/h5-9,14,16H,3-4,10-12H2,1-2H3. The molecule has 18 heavy (non-hydrogen) atoms. The van der Waals surface area contributed by atoms with Gasteiger partial charge in [0.05, 0.1) is 13.0 Å². The summed E-state index contributed by atoms with van der Waals surface area (Å²) in [6, 6.07) is 10.5. The van der Waals surface area contributed by atoms with Crippen molar-refractivity contribution in [2.75, 3.05) is 13.2 Å². The van der Waals surface area contributed by atoms with Crippen LogP contribution >= 0.6 is 0 Å². The van der Waals surface area contributed by atoms with Crippen molar-refractivity contribution in [1.29, 1.82) is 0 Å². The van der Waals surface area contributed by atoms with Gasteiger partial charge in [-0.25, -0.2) is 0 Å². The summed E-state index contributed by atoms with van der Waals surface area (Å²) in [6.45, 7) is 5.22. The molecule has 3 nitrogen and oxygen atoms in total. The van der Waals surface area contributed by atoms with Gasteiger partial charge in [0, 0.05) is 6.04 Å². The zero-order chi connectivity index (χ0) is 13.2. The minimum absolute atomic E-state index is 0.114. The average Bonchev–Trinajstić information content (AvgIpc) is 2.38. The monoisotopic (exact) mass is 249 g/mol. The smallest absolute Gasteiger partial charge is 0.307 e. The predicted molar refractivity (Wildman–Crippen MR) is 73.5 cm³/mol. The summed E-state index contributed by atoms with van der Waals surface area (Å²) in [6.07, 6.45) is 2.39. The summed E-state index contributed by atoms with van der Waals surface area (Å²) in [5.74, 6) is -0.114. The van der Waals surface area contributed by atoms with Crippen molar-refractivity contribution in [1.82, 2.24) is 5.32 Å². The molecule has 0 aliphatic carbocycles. The highest BCUT2D eigenvalue weighted by molar-refractivity contribution is 5.70. The fourth-order valence-electron chi connectivity index (χ4n) is 1.97. The quantitative estimate of drug-likeness (QED) is 0.720. The molecule has 0 bridgehead atoms. The number of carbonyl (C=O) groups is 1. The zero-order valence-electron chi connectivity index (χ0n) is 11.3. The number of nitrogens with one attached hydrogen (secondary N) is 1. The van der Waals surface area contributed by atoms with Crippen LogP contribution in [0, 0.1) is 0 Å². The van der Waals surface area contributed by atoms with Crippen LogP contribution in [-0.4, -0.2) is 25.2 Å². The minimum Gasteiger partial charge on any atom is -0.466 e. The van der Waals surface area contributed by atoms with E-state index in [1.54, 1.807) is 0 Å². The molecule has 0 spiro atoms. The van der Waals surface area contributed by atoms with Crippen LogP contribution in [0.3, 0.4) is 0 Å². The van der Waals surface area contributed by atoms with Gasteiger partial charge in [-0.15, -0.1) is 0 Å². The van der Waals surface area contributed by atoms with Gasteiger partial charge < -0.3 is 10.1 Å². The molecular formula is C15H23NO2. The molecular weight excluding hydrogens is 226 g/mol. The Kier molecular flexibility index (Phi) is 7.11. The summed E-state index contributed by atoms with van der Waals surface area (Å²) in [4.78, 5) is 11.5. The fourth-order valence-corrected chi connectivity index (χ4v) is 1.97. The Hall–Kier alpha value is -1.35. The second-order valence-electron chi connectivity index (χ2n) is 4.29. The van der Waals surface area contributed by atoms with E-state index in [-0.39, 0.29) is 12.0 Å². The molecule has 100 valence electrons. The zero-order valence-corrected chi connectivity index (χ0v) is 11.3. The second-order valence-corrected chi connectivity index (χ2v) is 4.29. The third-order valence-electron chi connectivity index (χ3n) is 2.84. The van der Waals surface area contributed by atoms with Gasteiger partial charge in [0.25, 0.3) is 0 Å². The molecule has 0 saturated heterocycles. The molecule has 1 aromatic carbocycles. The van der Waals surface area contributed by atoms with Crippen LogP contribution in [0.2, 0.25) is 0 Å². The number of carbonyl (C=O) groups excluding carboxylic acids is 1. The van der Waals surface area contributed by atoms with Crippen LogP contribution in [0.4, 0.5) is 0 Å². The molecule has 0 aliphatic heterocycles. The number of aryl methyl sites for hydroxylation is 1. The summed E-state index contributed by atoms with van der Waals surface area (Å²) in [5, 5.41) is 3.34. The molecule has 0 saturated carbocycles. The van der Waals surface area contributed by atoms with Crippen LogP contribution in [-0.2, 0) is 16.0 Å². The lowest BCUT2D eigenvalue weighted by Gasteiger charge is -2.16. The van der Waals surface area contributed by atoms with Crippen molar-refractivity contribution < 1.29 is 9.53 Å². The Morgan fingerprint density at radius 2 is 2.00 bits per heavy atom. The van der Waals surface area contributed by atoms with Crippen LogP contribution in [0.15, 0.2) is 30.3 Å². The molecule has 0 heterocycles. The van der Waals surface area contributed by atoms with E-state index in [4.69, 9.17) is 4.74 Å². The SMILES string of the molecule is CCNC(CCc1ccccc1)CC(=O)OCC. The van der Waals surface area contributed by atoms with Crippen LogP contribution in [0.1, 0.15) is 32.3 Å². The maximum Gasteiger partial charge on any atom is 0.307 e. The first-order chi connectivity index (χ1) is 8.76. The van der Waals surface area contributed by atoms with Crippen molar-refractivity contribution in [3.05, 3.63) is 35.9 Å². The molecule has 1 unspecified atom stereocenters. The van der Waals surface area contributed by atoms with E-state index in [1.165, 1.54) is 5.56 Å². The predicted octanol–water partition coefficient (Wildman–Crippen LogP) is 2.55. The topological polar surface area (TPSA) is 38.3 Å². The fraction of sp³-hybridized carbons (Fsp3) is 0.533. The minimum atomic E-state index is -0.114. The Morgan fingerprint density at radius 3 is 2.61 bits per heavy atom.